The Morgan fingerprint density at radius 3 is 2.46 bits per heavy atom. The van der Waals surface area contributed by atoms with Crippen molar-refractivity contribution in [3.8, 4) is 6.07 Å². The van der Waals surface area contributed by atoms with Crippen LogP contribution >= 0.6 is 0 Å². The van der Waals surface area contributed by atoms with Crippen LogP contribution in [0.5, 0.6) is 0 Å². The highest BCUT2D eigenvalue weighted by Crippen LogP contribution is 2.34. The SMILES string of the molecule is C[C@@H](Nc1ncc(C#N)c2c1cc(N1CCN(C)CC1)c(=O)n2C)c1cc(N)cc(C(F)(F)F)c1. The molecule has 0 spiro atoms. The van der Waals surface area contributed by atoms with E-state index in [2.05, 4.69) is 21.3 Å². The minimum atomic E-state index is -4.53. The highest BCUT2D eigenvalue weighted by atomic mass is 19.4. The van der Waals surface area contributed by atoms with E-state index in [1.165, 1.54) is 16.8 Å². The van der Waals surface area contributed by atoms with Crippen molar-refractivity contribution in [1.82, 2.24) is 14.5 Å². The molecule has 1 aliphatic rings. The number of nitrogens with two attached hydrogens (primary N) is 1. The number of alkyl halides is 3. The van der Waals surface area contributed by atoms with Crippen LogP contribution in [0.1, 0.15) is 29.7 Å². The zero-order chi connectivity index (χ0) is 25.5. The maximum atomic E-state index is 13.3. The number of anilines is 3. The first-order chi connectivity index (χ1) is 16.5. The van der Waals surface area contributed by atoms with Crippen LogP contribution in [0.3, 0.4) is 0 Å². The first-order valence-corrected chi connectivity index (χ1v) is 11.1. The number of aromatic nitrogens is 2. The Morgan fingerprint density at radius 2 is 1.83 bits per heavy atom. The smallest absolute Gasteiger partial charge is 0.399 e. The van der Waals surface area contributed by atoms with Gasteiger partial charge in [-0.1, -0.05) is 0 Å². The second kappa shape index (κ2) is 9.11. The predicted octanol–water partition coefficient (Wildman–Crippen LogP) is 3.33. The average Bonchev–Trinajstić information content (AvgIpc) is 2.81. The van der Waals surface area contributed by atoms with E-state index in [9.17, 15) is 23.2 Å². The molecule has 1 aliphatic heterocycles. The third-order valence-electron chi connectivity index (χ3n) is 6.35. The van der Waals surface area contributed by atoms with Gasteiger partial charge in [0.15, 0.2) is 0 Å². The summed E-state index contributed by atoms with van der Waals surface area (Å²) in [5.41, 5.74) is 6.13. The first kappa shape index (κ1) is 24.3. The monoisotopic (exact) mass is 485 g/mol. The minimum absolute atomic E-state index is 0.000806. The molecule has 0 aliphatic carbocycles. The maximum Gasteiger partial charge on any atom is 0.416 e. The Balaban J connectivity index is 1.80. The molecule has 184 valence electrons. The lowest BCUT2D eigenvalue weighted by molar-refractivity contribution is -0.137. The molecule has 0 saturated carbocycles. The van der Waals surface area contributed by atoms with E-state index >= 15 is 0 Å². The summed E-state index contributed by atoms with van der Waals surface area (Å²) < 4.78 is 41.3. The number of benzene rings is 1. The number of halogens is 3. The molecule has 0 bridgehead atoms. The average molecular weight is 486 g/mol. The summed E-state index contributed by atoms with van der Waals surface area (Å²) in [7, 11) is 3.62. The number of hydrogen-bond donors (Lipinski definition) is 2. The molecule has 1 fully saturated rings. The number of nitrogen functional groups attached to an aromatic ring is 1. The summed E-state index contributed by atoms with van der Waals surface area (Å²) >= 11 is 0. The molecule has 3 heterocycles. The highest BCUT2D eigenvalue weighted by Gasteiger charge is 2.31. The van der Waals surface area contributed by atoms with Gasteiger partial charge < -0.3 is 25.4 Å². The number of pyridine rings is 2. The Bertz CT molecular complexity index is 1370. The number of hydrogen-bond acceptors (Lipinski definition) is 7. The molecule has 0 amide bonds. The predicted molar refractivity (Wildman–Crippen MR) is 129 cm³/mol. The summed E-state index contributed by atoms with van der Waals surface area (Å²) in [6, 6.07) is 6.62. The van der Waals surface area contributed by atoms with Crippen molar-refractivity contribution in [3.63, 3.8) is 0 Å². The molecule has 1 atom stereocenters. The second-order valence-electron chi connectivity index (χ2n) is 8.83. The number of likely N-dealkylation sites (N-methyl/N-ethyl adjacent to an activating group) is 1. The van der Waals surface area contributed by atoms with Crippen LogP contribution in [0.4, 0.5) is 30.4 Å². The van der Waals surface area contributed by atoms with Crippen LogP contribution in [0.25, 0.3) is 10.9 Å². The fraction of sp³-hybridized carbons (Fsp3) is 0.375. The number of piperazine rings is 1. The lowest BCUT2D eigenvalue weighted by Gasteiger charge is -2.34. The number of fused-ring (bicyclic) bond motifs is 1. The van der Waals surface area contributed by atoms with E-state index in [1.807, 2.05) is 11.9 Å². The molecule has 11 heteroatoms. The topological polar surface area (TPSA) is 103 Å². The third kappa shape index (κ3) is 4.74. The third-order valence-corrected chi connectivity index (χ3v) is 6.35. The van der Waals surface area contributed by atoms with Gasteiger partial charge in [0.2, 0.25) is 0 Å². The summed E-state index contributed by atoms with van der Waals surface area (Å²) in [5, 5.41) is 13.3. The van der Waals surface area contributed by atoms with Crippen LogP contribution in [-0.2, 0) is 13.2 Å². The molecule has 35 heavy (non-hydrogen) atoms. The van der Waals surface area contributed by atoms with Crippen molar-refractivity contribution in [1.29, 1.82) is 5.26 Å². The van der Waals surface area contributed by atoms with Gasteiger partial charge in [0, 0.05) is 50.5 Å². The van der Waals surface area contributed by atoms with Crippen molar-refractivity contribution in [2.75, 3.05) is 49.2 Å². The number of rotatable bonds is 4. The van der Waals surface area contributed by atoms with E-state index in [4.69, 9.17) is 5.73 Å². The quantitative estimate of drug-likeness (QED) is 0.547. The van der Waals surface area contributed by atoms with Gasteiger partial charge in [-0.25, -0.2) is 4.98 Å². The Morgan fingerprint density at radius 1 is 1.14 bits per heavy atom. The first-order valence-electron chi connectivity index (χ1n) is 11.1. The van der Waals surface area contributed by atoms with Gasteiger partial charge in [-0.3, -0.25) is 4.79 Å². The minimum Gasteiger partial charge on any atom is -0.399 e. The zero-order valence-corrected chi connectivity index (χ0v) is 19.6. The number of aryl methyl sites for hydroxylation is 1. The molecule has 3 N–H and O–H groups in total. The molecule has 0 radical (unpaired) electrons. The Kier molecular flexibility index (Phi) is 6.34. The van der Waals surface area contributed by atoms with Gasteiger partial charge in [0.25, 0.3) is 5.56 Å². The lowest BCUT2D eigenvalue weighted by atomic mass is 10.0. The van der Waals surface area contributed by atoms with Crippen molar-refractivity contribution >= 4 is 28.1 Å². The van der Waals surface area contributed by atoms with Gasteiger partial charge in [-0.15, -0.1) is 0 Å². The Hall–Kier alpha value is -3.78. The van der Waals surface area contributed by atoms with E-state index in [1.54, 1.807) is 20.0 Å². The van der Waals surface area contributed by atoms with Gasteiger partial charge in [-0.05, 0) is 43.8 Å². The zero-order valence-electron chi connectivity index (χ0n) is 19.6. The molecule has 3 aromatic rings. The standard InChI is InChI=1S/C24H26F3N7O/c1-14(15-8-17(24(25,26)27)10-18(29)9-15)31-22-19-11-20(34-6-4-32(2)5-7-34)23(35)33(3)21(19)16(12-28)13-30-22/h8-11,13-14H,4-7,29H2,1-3H3,(H,30,31)/t14-/m1/s1. The summed E-state index contributed by atoms with van der Waals surface area (Å²) in [6.45, 7) is 4.65. The van der Waals surface area contributed by atoms with Crippen molar-refractivity contribution < 1.29 is 13.2 Å². The van der Waals surface area contributed by atoms with E-state index < -0.39 is 17.8 Å². The molecular weight excluding hydrogens is 459 g/mol. The molecule has 2 aromatic heterocycles. The maximum absolute atomic E-state index is 13.3. The van der Waals surface area contributed by atoms with Crippen LogP contribution < -0.4 is 21.5 Å². The molecule has 4 rings (SSSR count). The van der Waals surface area contributed by atoms with Gasteiger partial charge in [-0.2, -0.15) is 18.4 Å². The van der Waals surface area contributed by atoms with Gasteiger partial charge >= 0.3 is 6.18 Å². The largest absolute Gasteiger partial charge is 0.416 e. The van der Waals surface area contributed by atoms with Crippen LogP contribution in [0.2, 0.25) is 0 Å². The summed E-state index contributed by atoms with van der Waals surface area (Å²) in [4.78, 5) is 21.7. The van der Waals surface area contributed by atoms with Crippen molar-refractivity contribution in [3.05, 3.63) is 57.5 Å². The van der Waals surface area contributed by atoms with Gasteiger partial charge in [0.1, 0.15) is 17.6 Å². The molecule has 1 aromatic carbocycles. The molecule has 8 nitrogen and oxygen atoms in total. The summed E-state index contributed by atoms with van der Waals surface area (Å²) in [6.07, 6.45) is -3.17. The fourth-order valence-corrected chi connectivity index (χ4v) is 4.34. The Labute approximate surface area is 200 Å². The van der Waals surface area contributed by atoms with E-state index in [0.717, 1.165) is 25.2 Å². The summed E-state index contributed by atoms with van der Waals surface area (Å²) in [5.74, 6) is 0.355. The molecule has 0 unspecified atom stereocenters. The molecular formula is C24H26F3N7O. The van der Waals surface area contributed by atoms with Crippen LogP contribution in [0.15, 0.2) is 35.3 Å². The van der Waals surface area contributed by atoms with Crippen molar-refractivity contribution in [2.24, 2.45) is 7.05 Å². The normalized spacial score (nSPS) is 15.7. The number of nitrogens with zero attached hydrogens (tertiary/aromatic N) is 5. The van der Waals surface area contributed by atoms with E-state index in [-0.39, 0.29) is 16.8 Å². The van der Waals surface area contributed by atoms with Crippen molar-refractivity contribution in [2.45, 2.75) is 19.1 Å². The van der Waals surface area contributed by atoms with E-state index in [0.29, 0.717) is 41.1 Å². The fourth-order valence-electron chi connectivity index (χ4n) is 4.34. The second-order valence-corrected chi connectivity index (χ2v) is 8.83. The highest BCUT2D eigenvalue weighted by molar-refractivity contribution is 5.95. The lowest BCUT2D eigenvalue weighted by Crippen LogP contribution is -2.46. The van der Waals surface area contributed by atoms with Gasteiger partial charge in [0.05, 0.1) is 22.7 Å². The number of nitriles is 1. The van der Waals surface area contributed by atoms with Crippen LogP contribution in [0, 0.1) is 11.3 Å². The number of nitrogens with one attached hydrogen (secondary N) is 1. The molecule has 1 saturated heterocycles. The van der Waals surface area contributed by atoms with Crippen LogP contribution in [-0.4, -0.2) is 47.7 Å².